The van der Waals surface area contributed by atoms with Crippen LogP contribution < -0.4 is 10.0 Å². The van der Waals surface area contributed by atoms with Crippen LogP contribution in [0.3, 0.4) is 0 Å². The molecule has 0 fully saturated rings. The predicted molar refractivity (Wildman–Crippen MR) is 94.6 cm³/mol. The largest absolute Gasteiger partial charge is 0.345 e. The van der Waals surface area contributed by atoms with E-state index >= 15 is 0 Å². The van der Waals surface area contributed by atoms with Gasteiger partial charge in [0, 0.05) is 24.5 Å². The summed E-state index contributed by atoms with van der Waals surface area (Å²) in [6.45, 7) is 5.12. The molecule has 138 valence electrons. The highest BCUT2D eigenvalue weighted by molar-refractivity contribution is 7.89. The van der Waals surface area contributed by atoms with Crippen LogP contribution in [-0.4, -0.2) is 24.4 Å². The van der Waals surface area contributed by atoms with Crippen molar-refractivity contribution < 1.29 is 17.6 Å². The lowest BCUT2D eigenvalue weighted by Gasteiger charge is -2.19. The number of anilines is 1. The van der Waals surface area contributed by atoms with Gasteiger partial charge in [0.15, 0.2) is 0 Å². The standard InChI is InChI=1S/C17H19FN4O3S/c1-17(2,3)21-26(24,25)14-8-15(22(4)10-14)16(23)20-13-6-11(9-19)5-12(18)7-13/h5-8,10,21H,1-4H3,(H,20,23). The molecule has 26 heavy (non-hydrogen) atoms. The van der Waals surface area contributed by atoms with E-state index in [-0.39, 0.29) is 21.8 Å². The maximum Gasteiger partial charge on any atom is 0.272 e. The number of hydrogen-bond acceptors (Lipinski definition) is 4. The van der Waals surface area contributed by atoms with Crippen LogP contribution >= 0.6 is 0 Å². The Morgan fingerprint density at radius 1 is 1.23 bits per heavy atom. The fourth-order valence-electron chi connectivity index (χ4n) is 2.29. The van der Waals surface area contributed by atoms with Crippen LogP contribution in [0.4, 0.5) is 10.1 Å². The zero-order chi connectivity index (χ0) is 19.7. The van der Waals surface area contributed by atoms with Gasteiger partial charge in [-0.25, -0.2) is 17.5 Å². The quantitative estimate of drug-likeness (QED) is 0.852. The first-order chi connectivity index (χ1) is 11.9. The van der Waals surface area contributed by atoms with Crippen LogP contribution in [-0.2, 0) is 17.1 Å². The Morgan fingerprint density at radius 3 is 2.46 bits per heavy atom. The second kappa shape index (κ2) is 6.90. The van der Waals surface area contributed by atoms with Gasteiger partial charge in [0.2, 0.25) is 10.0 Å². The summed E-state index contributed by atoms with van der Waals surface area (Å²) in [4.78, 5) is 12.4. The lowest BCUT2D eigenvalue weighted by molar-refractivity contribution is 0.101. The minimum Gasteiger partial charge on any atom is -0.345 e. The average molecular weight is 378 g/mol. The Morgan fingerprint density at radius 2 is 1.88 bits per heavy atom. The minimum atomic E-state index is -3.80. The third kappa shape index (κ3) is 4.68. The van der Waals surface area contributed by atoms with Crippen molar-refractivity contribution in [1.82, 2.24) is 9.29 Å². The fraction of sp³-hybridized carbons (Fsp3) is 0.294. The molecule has 2 rings (SSSR count). The molecule has 0 atom stereocenters. The Bertz CT molecular complexity index is 998. The van der Waals surface area contributed by atoms with Gasteiger partial charge in [-0.3, -0.25) is 4.79 Å². The van der Waals surface area contributed by atoms with Crippen molar-refractivity contribution in [1.29, 1.82) is 5.26 Å². The predicted octanol–water partition coefficient (Wildman–Crippen LogP) is 2.36. The first kappa shape index (κ1) is 19.6. The van der Waals surface area contributed by atoms with Gasteiger partial charge in [0.25, 0.3) is 5.91 Å². The van der Waals surface area contributed by atoms with E-state index in [0.717, 1.165) is 12.1 Å². The first-order valence-corrected chi connectivity index (χ1v) is 9.12. The summed E-state index contributed by atoms with van der Waals surface area (Å²) in [5, 5.41) is 11.3. The molecule has 2 aromatic rings. The van der Waals surface area contributed by atoms with E-state index < -0.39 is 27.3 Å². The third-order valence-electron chi connectivity index (χ3n) is 3.25. The van der Waals surface area contributed by atoms with Gasteiger partial charge in [-0.2, -0.15) is 5.26 Å². The Hall–Kier alpha value is -2.70. The summed E-state index contributed by atoms with van der Waals surface area (Å²) in [5.74, 6) is -1.29. The number of carbonyl (C=O) groups is 1. The Balaban J connectivity index is 2.30. The summed E-state index contributed by atoms with van der Waals surface area (Å²) < 4.78 is 42.1. The molecule has 1 aromatic carbocycles. The fourth-order valence-corrected chi connectivity index (χ4v) is 3.78. The second-order valence-electron chi connectivity index (χ2n) is 6.82. The highest BCUT2D eigenvalue weighted by atomic mass is 32.2. The number of benzene rings is 1. The summed E-state index contributed by atoms with van der Waals surface area (Å²) in [6.07, 6.45) is 1.31. The van der Waals surface area contributed by atoms with Gasteiger partial charge in [-0.15, -0.1) is 0 Å². The number of halogens is 1. The number of nitriles is 1. The summed E-state index contributed by atoms with van der Waals surface area (Å²) in [7, 11) is -2.27. The van der Waals surface area contributed by atoms with Crippen LogP contribution in [0, 0.1) is 17.1 Å². The molecule has 0 spiro atoms. The van der Waals surface area contributed by atoms with E-state index in [9.17, 15) is 17.6 Å². The van der Waals surface area contributed by atoms with Crippen LogP contribution in [0.1, 0.15) is 36.8 Å². The molecule has 1 heterocycles. The highest BCUT2D eigenvalue weighted by Gasteiger charge is 2.25. The maximum atomic E-state index is 13.5. The van der Waals surface area contributed by atoms with Crippen molar-refractivity contribution in [3.63, 3.8) is 0 Å². The molecule has 0 unspecified atom stereocenters. The van der Waals surface area contributed by atoms with E-state index in [2.05, 4.69) is 10.0 Å². The average Bonchev–Trinajstić information content (AvgIpc) is 2.87. The van der Waals surface area contributed by atoms with E-state index in [1.54, 1.807) is 26.8 Å². The van der Waals surface area contributed by atoms with Gasteiger partial charge in [-0.05, 0) is 45.0 Å². The number of amides is 1. The molecule has 0 aliphatic rings. The monoisotopic (exact) mass is 378 g/mol. The summed E-state index contributed by atoms with van der Waals surface area (Å²) in [5.41, 5.74) is -0.441. The molecule has 0 bridgehead atoms. The van der Waals surface area contributed by atoms with E-state index in [1.165, 1.54) is 29.9 Å². The molecule has 0 aliphatic heterocycles. The van der Waals surface area contributed by atoms with Crippen molar-refractivity contribution >= 4 is 21.6 Å². The molecular weight excluding hydrogens is 359 g/mol. The van der Waals surface area contributed by atoms with Crippen LogP contribution in [0.25, 0.3) is 0 Å². The molecule has 1 aromatic heterocycles. The molecule has 7 nitrogen and oxygen atoms in total. The van der Waals surface area contributed by atoms with E-state index in [4.69, 9.17) is 5.26 Å². The zero-order valence-electron chi connectivity index (χ0n) is 14.8. The second-order valence-corrected chi connectivity index (χ2v) is 8.50. The SMILES string of the molecule is Cn1cc(S(=O)(=O)NC(C)(C)C)cc1C(=O)Nc1cc(F)cc(C#N)c1. The van der Waals surface area contributed by atoms with Gasteiger partial charge in [0.1, 0.15) is 16.4 Å². The first-order valence-electron chi connectivity index (χ1n) is 7.64. The number of nitrogens with one attached hydrogen (secondary N) is 2. The van der Waals surface area contributed by atoms with Crippen molar-refractivity contribution in [3.05, 3.63) is 47.5 Å². The number of carbonyl (C=O) groups excluding carboxylic acids is 1. The van der Waals surface area contributed by atoms with E-state index in [0.29, 0.717) is 0 Å². The smallest absolute Gasteiger partial charge is 0.272 e. The molecule has 1 amide bonds. The number of hydrogen-bond donors (Lipinski definition) is 2. The highest BCUT2D eigenvalue weighted by Crippen LogP contribution is 2.19. The molecule has 0 saturated heterocycles. The molecule has 0 saturated carbocycles. The minimum absolute atomic E-state index is 0.0583. The molecule has 9 heteroatoms. The van der Waals surface area contributed by atoms with Crippen molar-refractivity contribution in [2.75, 3.05) is 5.32 Å². The summed E-state index contributed by atoms with van der Waals surface area (Å²) in [6, 6.07) is 6.46. The van der Waals surface area contributed by atoms with Crippen LogP contribution in [0.2, 0.25) is 0 Å². The van der Waals surface area contributed by atoms with Crippen LogP contribution in [0.15, 0.2) is 35.4 Å². The number of rotatable bonds is 4. The zero-order valence-corrected chi connectivity index (χ0v) is 15.6. The number of sulfonamides is 1. The molecule has 2 N–H and O–H groups in total. The Kier molecular flexibility index (Phi) is 5.21. The number of aromatic nitrogens is 1. The molecule has 0 aliphatic carbocycles. The number of nitrogens with zero attached hydrogens (tertiary/aromatic N) is 2. The normalized spacial score (nSPS) is 11.8. The van der Waals surface area contributed by atoms with Gasteiger partial charge in [0.05, 0.1) is 11.6 Å². The topological polar surface area (TPSA) is 104 Å². The lowest BCUT2D eigenvalue weighted by Crippen LogP contribution is -2.40. The molecular formula is C17H19FN4O3S. The van der Waals surface area contributed by atoms with Crippen molar-refractivity contribution in [2.24, 2.45) is 7.05 Å². The third-order valence-corrected chi connectivity index (χ3v) is 4.97. The van der Waals surface area contributed by atoms with Crippen molar-refractivity contribution in [3.8, 4) is 6.07 Å². The Labute approximate surface area is 151 Å². The maximum absolute atomic E-state index is 13.5. The van der Waals surface area contributed by atoms with Gasteiger partial charge < -0.3 is 9.88 Å². The van der Waals surface area contributed by atoms with Crippen molar-refractivity contribution in [2.45, 2.75) is 31.2 Å². The van der Waals surface area contributed by atoms with E-state index in [1.807, 2.05) is 0 Å². The lowest BCUT2D eigenvalue weighted by atomic mass is 10.1. The van der Waals surface area contributed by atoms with Crippen LogP contribution in [0.5, 0.6) is 0 Å². The van der Waals surface area contributed by atoms with Gasteiger partial charge in [-0.1, -0.05) is 0 Å². The number of aryl methyl sites for hydroxylation is 1. The van der Waals surface area contributed by atoms with Gasteiger partial charge >= 0.3 is 0 Å². The summed E-state index contributed by atoms with van der Waals surface area (Å²) >= 11 is 0. The molecule has 0 radical (unpaired) electrons.